The molecule has 0 aliphatic carbocycles. The molecule has 5 nitrogen and oxygen atoms in total. The number of hydrogen-bond donors (Lipinski definition) is 2. The van der Waals surface area contributed by atoms with E-state index in [2.05, 4.69) is 20.5 Å². The van der Waals surface area contributed by atoms with E-state index in [0.717, 1.165) is 17.1 Å². The summed E-state index contributed by atoms with van der Waals surface area (Å²) < 4.78 is 0. The lowest BCUT2D eigenvalue weighted by Crippen LogP contribution is -2.15. The molecular weight excluding hydrogens is 276 g/mol. The van der Waals surface area contributed by atoms with Gasteiger partial charge in [0.05, 0.1) is 6.42 Å². The second-order valence-electron chi connectivity index (χ2n) is 4.95. The molecule has 0 aliphatic heterocycles. The van der Waals surface area contributed by atoms with Crippen molar-refractivity contribution in [1.82, 2.24) is 15.2 Å². The number of rotatable bonds is 5. The molecule has 2 N–H and O–H groups in total. The van der Waals surface area contributed by atoms with Gasteiger partial charge in [0.15, 0.2) is 5.82 Å². The average molecular weight is 292 g/mol. The third-order valence-corrected chi connectivity index (χ3v) is 3.17. The second kappa shape index (κ2) is 6.67. The first-order valence-corrected chi connectivity index (χ1v) is 7.08. The molecule has 3 rings (SSSR count). The lowest BCUT2D eigenvalue weighted by atomic mass is 10.1. The van der Waals surface area contributed by atoms with Crippen molar-refractivity contribution in [1.29, 1.82) is 0 Å². The average Bonchev–Trinajstić information content (AvgIpc) is 2.96. The highest BCUT2D eigenvalue weighted by Crippen LogP contribution is 2.07. The van der Waals surface area contributed by atoms with E-state index in [1.54, 1.807) is 0 Å². The van der Waals surface area contributed by atoms with Gasteiger partial charge in [-0.1, -0.05) is 48.5 Å². The van der Waals surface area contributed by atoms with Gasteiger partial charge in [-0.05, 0) is 17.7 Å². The summed E-state index contributed by atoms with van der Waals surface area (Å²) in [5.74, 6) is 1.13. The summed E-state index contributed by atoms with van der Waals surface area (Å²) in [6.45, 7) is 0. The van der Waals surface area contributed by atoms with Crippen LogP contribution < -0.4 is 5.32 Å². The summed E-state index contributed by atoms with van der Waals surface area (Å²) in [6, 6.07) is 19.4. The maximum atomic E-state index is 11.9. The summed E-state index contributed by atoms with van der Waals surface area (Å²) >= 11 is 0. The second-order valence-corrected chi connectivity index (χ2v) is 4.95. The van der Waals surface area contributed by atoms with Gasteiger partial charge < -0.3 is 5.32 Å². The van der Waals surface area contributed by atoms with Gasteiger partial charge in [-0.25, -0.2) is 4.98 Å². The standard InChI is InChI=1S/C17H16N4O/c22-17(18-14-9-5-2-6-10-14)12-16-19-15(20-21-16)11-13-7-3-1-4-8-13/h1-10H,11-12H2,(H,18,22)(H,19,20,21). The highest BCUT2D eigenvalue weighted by Gasteiger charge is 2.09. The maximum Gasteiger partial charge on any atom is 0.232 e. The fourth-order valence-corrected chi connectivity index (χ4v) is 2.15. The number of carbonyl (C=O) groups excluding carboxylic acids is 1. The topological polar surface area (TPSA) is 70.7 Å². The quantitative estimate of drug-likeness (QED) is 0.759. The fourth-order valence-electron chi connectivity index (χ4n) is 2.15. The van der Waals surface area contributed by atoms with E-state index in [0.29, 0.717) is 12.2 Å². The Hall–Kier alpha value is -2.95. The number of carbonyl (C=O) groups is 1. The SMILES string of the molecule is O=C(Cc1n[nH]c(Cc2ccccc2)n1)Nc1ccccc1. The number of para-hydroxylation sites is 1. The van der Waals surface area contributed by atoms with Gasteiger partial charge in [-0.2, -0.15) is 5.10 Å². The molecule has 2 aromatic carbocycles. The van der Waals surface area contributed by atoms with Gasteiger partial charge >= 0.3 is 0 Å². The van der Waals surface area contributed by atoms with E-state index in [9.17, 15) is 4.79 Å². The first kappa shape index (κ1) is 14.0. The Labute approximate surface area is 128 Å². The Morgan fingerprint density at radius 3 is 2.41 bits per heavy atom. The van der Waals surface area contributed by atoms with Crippen LogP contribution in [0.1, 0.15) is 17.2 Å². The normalized spacial score (nSPS) is 10.4. The number of hydrogen-bond acceptors (Lipinski definition) is 3. The van der Waals surface area contributed by atoms with Crippen molar-refractivity contribution >= 4 is 11.6 Å². The minimum atomic E-state index is -0.128. The number of nitrogens with zero attached hydrogens (tertiary/aromatic N) is 2. The molecule has 110 valence electrons. The van der Waals surface area contributed by atoms with Crippen molar-refractivity contribution in [2.45, 2.75) is 12.8 Å². The number of amides is 1. The molecule has 22 heavy (non-hydrogen) atoms. The Morgan fingerprint density at radius 1 is 1.00 bits per heavy atom. The van der Waals surface area contributed by atoms with Crippen molar-refractivity contribution in [2.24, 2.45) is 0 Å². The Bertz CT molecular complexity index is 738. The van der Waals surface area contributed by atoms with Crippen molar-refractivity contribution in [3.05, 3.63) is 77.9 Å². The van der Waals surface area contributed by atoms with Crippen LogP contribution in [0.2, 0.25) is 0 Å². The Morgan fingerprint density at radius 2 is 1.68 bits per heavy atom. The zero-order valence-corrected chi connectivity index (χ0v) is 12.0. The van der Waals surface area contributed by atoms with Gasteiger partial charge in [0.2, 0.25) is 5.91 Å². The Balaban J connectivity index is 1.58. The number of nitrogens with one attached hydrogen (secondary N) is 2. The first-order chi connectivity index (χ1) is 10.8. The molecule has 3 aromatic rings. The largest absolute Gasteiger partial charge is 0.326 e. The van der Waals surface area contributed by atoms with E-state index in [1.165, 1.54) is 0 Å². The predicted octanol–water partition coefficient (Wildman–Crippen LogP) is 2.58. The van der Waals surface area contributed by atoms with E-state index in [1.807, 2.05) is 60.7 Å². The predicted molar refractivity (Wildman–Crippen MR) is 84.4 cm³/mol. The molecule has 0 fully saturated rings. The molecule has 1 heterocycles. The lowest BCUT2D eigenvalue weighted by molar-refractivity contribution is -0.115. The van der Waals surface area contributed by atoms with Crippen molar-refractivity contribution in [3.63, 3.8) is 0 Å². The molecule has 0 unspecified atom stereocenters. The van der Waals surface area contributed by atoms with E-state index >= 15 is 0 Å². The molecule has 1 aromatic heterocycles. The van der Waals surface area contributed by atoms with E-state index in [4.69, 9.17) is 0 Å². The van der Waals surface area contributed by atoms with Crippen LogP contribution in [0.5, 0.6) is 0 Å². The van der Waals surface area contributed by atoms with Gasteiger partial charge in [0.1, 0.15) is 5.82 Å². The van der Waals surface area contributed by atoms with Gasteiger partial charge in [-0.3, -0.25) is 9.89 Å². The number of H-pyrrole nitrogens is 1. The summed E-state index contributed by atoms with van der Waals surface area (Å²) in [6.07, 6.45) is 0.828. The highest BCUT2D eigenvalue weighted by molar-refractivity contribution is 5.91. The zero-order chi connectivity index (χ0) is 15.2. The number of anilines is 1. The van der Waals surface area contributed by atoms with Crippen LogP contribution in [0.15, 0.2) is 60.7 Å². The minimum Gasteiger partial charge on any atom is -0.326 e. The van der Waals surface area contributed by atoms with Gasteiger partial charge in [-0.15, -0.1) is 0 Å². The van der Waals surface area contributed by atoms with Crippen LogP contribution in [-0.2, 0) is 17.6 Å². The van der Waals surface area contributed by atoms with Crippen molar-refractivity contribution in [3.8, 4) is 0 Å². The maximum absolute atomic E-state index is 11.9. The van der Waals surface area contributed by atoms with Gasteiger partial charge in [0, 0.05) is 12.1 Å². The molecule has 1 amide bonds. The third-order valence-electron chi connectivity index (χ3n) is 3.17. The molecule has 5 heteroatoms. The smallest absolute Gasteiger partial charge is 0.232 e. The molecule has 0 saturated carbocycles. The summed E-state index contributed by atoms with van der Waals surface area (Å²) in [7, 11) is 0. The Kier molecular flexibility index (Phi) is 4.25. The van der Waals surface area contributed by atoms with Crippen LogP contribution >= 0.6 is 0 Å². The fraction of sp³-hybridized carbons (Fsp3) is 0.118. The minimum absolute atomic E-state index is 0.128. The van der Waals surface area contributed by atoms with E-state index < -0.39 is 0 Å². The monoisotopic (exact) mass is 292 g/mol. The van der Waals surface area contributed by atoms with Crippen molar-refractivity contribution < 1.29 is 4.79 Å². The summed E-state index contributed by atoms with van der Waals surface area (Å²) in [5, 5.41) is 9.80. The number of benzene rings is 2. The molecular formula is C17H16N4O. The highest BCUT2D eigenvalue weighted by atomic mass is 16.1. The molecule has 0 aliphatic rings. The number of aromatic amines is 1. The molecule has 0 radical (unpaired) electrons. The molecule has 0 bridgehead atoms. The van der Waals surface area contributed by atoms with Gasteiger partial charge in [0.25, 0.3) is 0 Å². The van der Waals surface area contributed by atoms with Crippen molar-refractivity contribution in [2.75, 3.05) is 5.32 Å². The molecule has 0 saturated heterocycles. The number of aromatic nitrogens is 3. The summed E-state index contributed by atoms with van der Waals surface area (Å²) in [4.78, 5) is 16.3. The van der Waals surface area contributed by atoms with Crippen LogP contribution in [0.4, 0.5) is 5.69 Å². The lowest BCUT2D eigenvalue weighted by Gasteiger charge is -2.02. The van der Waals surface area contributed by atoms with E-state index in [-0.39, 0.29) is 12.3 Å². The summed E-state index contributed by atoms with van der Waals surface area (Å²) in [5.41, 5.74) is 1.92. The van der Waals surface area contributed by atoms with Crippen LogP contribution in [0.25, 0.3) is 0 Å². The molecule has 0 atom stereocenters. The van der Waals surface area contributed by atoms with Crippen LogP contribution in [0.3, 0.4) is 0 Å². The van der Waals surface area contributed by atoms with Crippen LogP contribution in [0, 0.1) is 0 Å². The third kappa shape index (κ3) is 3.79. The molecule has 0 spiro atoms. The van der Waals surface area contributed by atoms with Crippen LogP contribution in [-0.4, -0.2) is 21.1 Å². The first-order valence-electron chi connectivity index (χ1n) is 7.08. The zero-order valence-electron chi connectivity index (χ0n) is 12.0.